The van der Waals surface area contributed by atoms with Crippen LogP contribution >= 0.6 is 0 Å². The van der Waals surface area contributed by atoms with E-state index >= 15 is 0 Å². The summed E-state index contributed by atoms with van der Waals surface area (Å²) in [6.07, 6.45) is 1.20. The average molecular weight is 213 g/mol. The van der Waals surface area contributed by atoms with Crippen LogP contribution in [-0.2, 0) is 14.0 Å². The zero-order chi connectivity index (χ0) is 11.2. The van der Waals surface area contributed by atoms with Crippen molar-refractivity contribution < 1.29 is 14.0 Å². The van der Waals surface area contributed by atoms with Crippen molar-refractivity contribution in [2.24, 2.45) is 0 Å². The Balaban J connectivity index is 4.43. The van der Waals surface area contributed by atoms with E-state index in [0.717, 1.165) is 0 Å². The lowest BCUT2D eigenvalue weighted by Crippen LogP contribution is -2.23. The molecular weight excluding hydrogens is 198 g/mol. The van der Waals surface area contributed by atoms with Gasteiger partial charge in [0, 0.05) is 0 Å². The minimum atomic E-state index is -1.74. The van der Waals surface area contributed by atoms with E-state index in [2.05, 4.69) is 4.74 Å². The number of hydrogen-bond donors (Lipinski definition) is 0. The topological polar surface area (TPSA) is 59.3 Å². The molecule has 0 radical (unpaired) electrons. The fraction of sp³-hybridized carbons (Fsp3) is 0.556. The number of ether oxygens (including phenoxy) is 1. The van der Waals surface area contributed by atoms with Crippen LogP contribution in [-0.4, -0.2) is 20.9 Å². The van der Waals surface area contributed by atoms with Crippen LogP contribution in [0.5, 0.6) is 0 Å². The molecule has 0 aromatic carbocycles. The summed E-state index contributed by atoms with van der Waals surface area (Å²) in [6.45, 7) is 7.83. The van der Waals surface area contributed by atoms with Gasteiger partial charge in [0.25, 0.3) is 0 Å². The molecule has 14 heavy (non-hydrogen) atoms. The molecule has 0 spiro atoms. The maximum atomic E-state index is 11.1. The zero-order valence-electron chi connectivity index (χ0n) is 8.96. The lowest BCUT2D eigenvalue weighted by Gasteiger charge is -2.14. The fourth-order valence-corrected chi connectivity index (χ4v) is 1.04. The van der Waals surface area contributed by atoms with Crippen LogP contribution in [0.15, 0.2) is 11.8 Å². The van der Waals surface area contributed by atoms with Crippen LogP contribution in [0, 0.1) is 11.3 Å². The first-order chi connectivity index (χ1) is 6.40. The highest BCUT2D eigenvalue weighted by atomic mass is 28.4. The Morgan fingerprint density at radius 3 is 2.43 bits per heavy atom. The van der Waals surface area contributed by atoms with Crippen molar-refractivity contribution in [1.29, 1.82) is 5.26 Å². The van der Waals surface area contributed by atoms with Crippen LogP contribution in [0.4, 0.5) is 0 Å². The molecule has 0 aliphatic heterocycles. The van der Waals surface area contributed by atoms with Gasteiger partial charge in [0.1, 0.15) is 6.07 Å². The molecule has 0 bridgehead atoms. The summed E-state index contributed by atoms with van der Waals surface area (Å²) in [5.41, 5.74) is -0.0886. The molecule has 78 valence electrons. The minimum Gasteiger partial charge on any atom is -0.548 e. The highest BCUT2D eigenvalue weighted by molar-refractivity contribution is 6.69. The van der Waals surface area contributed by atoms with E-state index in [1.165, 1.54) is 6.26 Å². The van der Waals surface area contributed by atoms with Crippen LogP contribution in [0.25, 0.3) is 0 Å². The molecule has 0 unspecified atom stereocenters. The summed E-state index contributed by atoms with van der Waals surface area (Å²) < 4.78 is 9.97. The molecule has 0 aromatic rings. The first kappa shape index (κ1) is 12.7. The molecule has 0 heterocycles. The summed E-state index contributed by atoms with van der Waals surface area (Å²) >= 11 is 0. The SMILES string of the molecule is CCOC(=O)C(C#N)=CO[Si](C)(C)C. The Hall–Kier alpha value is -1.28. The Labute approximate surface area is 85.3 Å². The van der Waals surface area contributed by atoms with Gasteiger partial charge in [-0.25, -0.2) is 4.79 Å². The second-order valence-electron chi connectivity index (χ2n) is 3.59. The molecule has 5 heteroatoms. The third-order valence-corrected chi connectivity index (χ3v) is 1.97. The van der Waals surface area contributed by atoms with E-state index in [-0.39, 0.29) is 12.2 Å². The van der Waals surface area contributed by atoms with Crippen molar-refractivity contribution in [3.8, 4) is 6.07 Å². The maximum Gasteiger partial charge on any atom is 0.352 e. The predicted octanol–water partition coefficient (Wildman–Crippen LogP) is 1.81. The summed E-state index contributed by atoms with van der Waals surface area (Å²) in [7, 11) is -1.74. The van der Waals surface area contributed by atoms with Crippen molar-refractivity contribution in [1.82, 2.24) is 0 Å². The molecule has 0 atom stereocenters. The van der Waals surface area contributed by atoms with Crippen LogP contribution in [0.2, 0.25) is 19.6 Å². The van der Waals surface area contributed by atoms with Gasteiger partial charge in [-0.2, -0.15) is 5.26 Å². The average Bonchev–Trinajstić information content (AvgIpc) is 2.03. The van der Waals surface area contributed by atoms with Crippen molar-refractivity contribution >= 4 is 14.3 Å². The lowest BCUT2D eigenvalue weighted by atomic mass is 10.3. The molecule has 0 rings (SSSR count). The van der Waals surface area contributed by atoms with Crippen LogP contribution in [0.3, 0.4) is 0 Å². The third-order valence-electron chi connectivity index (χ3n) is 1.15. The van der Waals surface area contributed by atoms with Gasteiger partial charge in [0.2, 0.25) is 8.32 Å². The van der Waals surface area contributed by atoms with E-state index < -0.39 is 14.3 Å². The summed E-state index contributed by atoms with van der Waals surface area (Å²) in [5.74, 6) is -0.631. The molecule has 0 fully saturated rings. The van der Waals surface area contributed by atoms with Gasteiger partial charge in [-0.1, -0.05) is 0 Å². The zero-order valence-corrected chi connectivity index (χ0v) is 9.96. The Morgan fingerprint density at radius 2 is 2.07 bits per heavy atom. The highest BCUT2D eigenvalue weighted by Crippen LogP contribution is 2.06. The molecule has 4 nitrogen and oxygen atoms in total. The van der Waals surface area contributed by atoms with E-state index in [4.69, 9.17) is 9.69 Å². The van der Waals surface area contributed by atoms with E-state index in [1.54, 1.807) is 13.0 Å². The number of nitriles is 1. The number of rotatable bonds is 4. The molecule has 0 saturated heterocycles. The monoisotopic (exact) mass is 213 g/mol. The predicted molar refractivity (Wildman–Crippen MR) is 54.8 cm³/mol. The molecule has 0 saturated carbocycles. The van der Waals surface area contributed by atoms with E-state index in [9.17, 15) is 4.79 Å². The fourth-order valence-electron chi connectivity index (χ4n) is 0.565. The minimum absolute atomic E-state index is 0.0886. The number of hydrogen-bond acceptors (Lipinski definition) is 4. The molecular formula is C9H15NO3Si. The maximum absolute atomic E-state index is 11.1. The second-order valence-corrected chi connectivity index (χ2v) is 8.05. The quantitative estimate of drug-likeness (QED) is 0.235. The van der Waals surface area contributed by atoms with Gasteiger partial charge < -0.3 is 9.16 Å². The number of carbonyl (C=O) groups excluding carboxylic acids is 1. The normalized spacial score (nSPS) is 11.8. The lowest BCUT2D eigenvalue weighted by molar-refractivity contribution is -0.138. The van der Waals surface area contributed by atoms with Crippen molar-refractivity contribution in [3.63, 3.8) is 0 Å². The molecule has 0 aliphatic carbocycles. The smallest absolute Gasteiger partial charge is 0.352 e. The van der Waals surface area contributed by atoms with Crippen molar-refractivity contribution in [2.45, 2.75) is 26.6 Å². The second kappa shape index (κ2) is 5.45. The first-order valence-corrected chi connectivity index (χ1v) is 7.76. The summed E-state index contributed by atoms with van der Waals surface area (Å²) in [4.78, 5) is 11.1. The molecule has 0 aromatic heterocycles. The Kier molecular flexibility index (Phi) is 4.95. The number of carbonyl (C=O) groups is 1. The highest BCUT2D eigenvalue weighted by Gasteiger charge is 2.16. The molecule has 0 N–H and O–H groups in total. The van der Waals surface area contributed by atoms with E-state index in [1.807, 2.05) is 19.6 Å². The van der Waals surface area contributed by atoms with Gasteiger partial charge in [-0.15, -0.1) is 0 Å². The van der Waals surface area contributed by atoms with Gasteiger partial charge in [0.05, 0.1) is 12.9 Å². The number of esters is 1. The Morgan fingerprint density at radius 1 is 1.50 bits per heavy atom. The van der Waals surface area contributed by atoms with Crippen LogP contribution < -0.4 is 0 Å². The van der Waals surface area contributed by atoms with Crippen molar-refractivity contribution in [2.75, 3.05) is 6.61 Å². The van der Waals surface area contributed by atoms with E-state index in [0.29, 0.717) is 0 Å². The first-order valence-electron chi connectivity index (χ1n) is 4.36. The third kappa shape index (κ3) is 5.38. The number of nitrogens with zero attached hydrogens (tertiary/aromatic N) is 1. The Bertz CT molecular complexity index is 273. The molecule has 0 amide bonds. The summed E-state index contributed by atoms with van der Waals surface area (Å²) in [6, 6.07) is 1.74. The van der Waals surface area contributed by atoms with Gasteiger partial charge in [-0.3, -0.25) is 0 Å². The largest absolute Gasteiger partial charge is 0.548 e. The summed E-state index contributed by atoms with van der Waals surface area (Å²) in [5, 5.41) is 8.64. The van der Waals surface area contributed by atoms with Crippen LogP contribution in [0.1, 0.15) is 6.92 Å². The standard InChI is InChI=1S/C9H15NO3Si/c1-5-12-9(11)8(6-10)7-13-14(2,3)4/h7H,5H2,1-4H3. The van der Waals surface area contributed by atoms with Gasteiger partial charge in [-0.05, 0) is 26.6 Å². The molecule has 0 aliphatic rings. The van der Waals surface area contributed by atoms with Gasteiger partial charge in [0.15, 0.2) is 5.57 Å². The van der Waals surface area contributed by atoms with Crippen molar-refractivity contribution in [3.05, 3.63) is 11.8 Å². The van der Waals surface area contributed by atoms with Gasteiger partial charge >= 0.3 is 5.97 Å².